The summed E-state index contributed by atoms with van der Waals surface area (Å²) in [6.45, 7) is 8.98. The summed E-state index contributed by atoms with van der Waals surface area (Å²) < 4.78 is 1.07. The van der Waals surface area contributed by atoms with E-state index in [4.69, 9.17) is 5.11 Å². The lowest BCUT2D eigenvalue weighted by molar-refractivity contribution is 0.302. The normalized spacial score (nSPS) is 11.0. The average molecular weight is 315 g/mol. The maximum Gasteiger partial charge on any atom is 0.0606 e. The molecule has 1 aromatic rings. The lowest BCUT2D eigenvalue weighted by atomic mass is 10.1. The van der Waals surface area contributed by atoms with Gasteiger partial charge in [-0.15, -0.1) is 0 Å². The number of likely N-dealkylation sites (N-methyl/N-ethyl adjacent to an activating group) is 1. The van der Waals surface area contributed by atoms with Gasteiger partial charge in [0.15, 0.2) is 0 Å². The molecule has 1 rings (SSSR count). The number of nitrogens with zero attached hydrogens (tertiary/aromatic N) is 1. The molecule has 102 valence electrons. The van der Waals surface area contributed by atoms with E-state index in [9.17, 15) is 0 Å². The molecule has 0 unspecified atom stereocenters. The fourth-order valence-electron chi connectivity index (χ4n) is 1.86. The SMILES string of the molecule is CCN(CCO)c1cc(Br)ccc1CNC(C)C. The fourth-order valence-corrected chi connectivity index (χ4v) is 2.21. The molecule has 3 nitrogen and oxygen atoms in total. The van der Waals surface area contributed by atoms with E-state index < -0.39 is 0 Å². The van der Waals surface area contributed by atoms with E-state index in [0.29, 0.717) is 12.6 Å². The lowest BCUT2D eigenvalue weighted by Crippen LogP contribution is -2.29. The highest BCUT2D eigenvalue weighted by Gasteiger charge is 2.10. The van der Waals surface area contributed by atoms with E-state index in [1.807, 2.05) is 0 Å². The largest absolute Gasteiger partial charge is 0.395 e. The molecule has 1 aromatic carbocycles. The number of hydrogen-bond acceptors (Lipinski definition) is 3. The molecule has 0 saturated carbocycles. The first-order valence-corrected chi connectivity index (χ1v) is 7.25. The topological polar surface area (TPSA) is 35.5 Å². The standard InChI is InChI=1S/C14H23BrN2O/c1-4-17(7-8-18)14-9-13(15)6-5-12(14)10-16-11(2)3/h5-6,9,11,16,18H,4,7-8,10H2,1-3H3. The Hall–Kier alpha value is -0.580. The molecule has 0 fully saturated rings. The highest BCUT2D eigenvalue weighted by Crippen LogP contribution is 2.25. The van der Waals surface area contributed by atoms with Gasteiger partial charge in [-0.2, -0.15) is 0 Å². The van der Waals surface area contributed by atoms with Crippen LogP contribution in [0.15, 0.2) is 22.7 Å². The number of nitrogens with one attached hydrogen (secondary N) is 1. The summed E-state index contributed by atoms with van der Waals surface area (Å²) >= 11 is 3.52. The molecule has 0 bridgehead atoms. The van der Waals surface area contributed by atoms with Crippen LogP contribution in [0.4, 0.5) is 5.69 Å². The maximum absolute atomic E-state index is 9.14. The van der Waals surface area contributed by atoms with E-state index in [1.54, 1.807) is 0 Å². The summed E-state index contributed by atoms with van der Waals surface area (Å²) in [6.07, 6.45) is 0. The Balaban J connectivity index is 2.94. The predicted octanol–water partition coefficient (Wildman–Crippen LogP) is 2.77. The van der Waals surface area contributed by atoms with Crippen molar-refractivity contribution >= 4 is 21.6 Å². The van der Waals surface area contributed by atoms with Gasteiger partial charge in [0.2, 0.25) is 0 Å². The van der Waals surface area contributed by atoms with E-state index in [2.05, 4.69) is 65.1 Å². The number of aliphatic hydroxyl groups is 1. The van der Waals surface area contributed by atoms with Crippen LogP contribution in [0.3, 0.4) is 0 Å². The van der Waals surface area contributed by atoms with Crippen molar-refractivity contribution in [3.8, 4) is 0 Å². The number of halogens is 1. The van der Waals surface area contributed by atoms with Crippen molar-refractivity contribution < 1.29 is 5.11 Å². The first-order chi connectivity index (χ1) is 8.58. The summed E-state index contributed by atoms with van der Waals surface area (Å²) in [4.78, 5) is 2.20. The molecule has 18 heavy (non-hydrogen) atoms. The second kappa shape index (κ2) is 7.77. The zero-order valence-corrected chi connectivity index (χ0v) is 13.0. The van der Waals surface area contributed by atoms with Crippen molar-refractivity contribution in [2.24, 2.45) is 0 Å². The molecular weight excluding hydrogens is 292 g/mol. The minimum absolute atomic E-state index is 0.178. The summed E-state index contributed by atoms with van der Waals surface area (Å²) in [7, 11) is 0. The third-order valence-electron chi connectivity index (χ3n) is 2.84. The molecule has 2 N–H and O–H groups in total. The smallest absolute Gasteiger partial charge is 0.0606 e. The predicted molar refractivity (Wildman–Crippen MR) is 81.1 cm³/mol. The molecule has 0 atom stereocenters. The van der Waals surface area contributed by atoms with Gasteiger partial charge in [0.05, 0.1) is 6.61 Å². The molecule has 0 saturated heterocycles. The molecule has 0 aliphatic rings. The van der Waals surface area contributed by atoms with Crippen LogP contribution in [-0.4, -0.2) is 30.8 Å². The van der Waals surface area contributed by atoms with Crippen molar-refractivity contribution in [3.63, 3.8) is 0 Å². The highest BCUT2D eigenvalue weighted by molar-refractivity contribution is 9.10. The zero-order valence-electron chi connectivity index (χ0n) is 11.4. The quantitative estimate of drug-likeness (QED) is 0.812. The summed E-state index contributed by atoms with van der Waals surface area (Å²) in [5.41, 5.74) is 2.45. The van der Waals surface area contributed by atoms with E-state index in [1.165, 1.54) is 11.3 Å². The van der Waals surface area contributed by atoms with Gasteiger partial charge in [0.1, 0.15) is 0 Å². The Morgan fingerprint density at radius 3 is 2.67 bits per heavy atom. The van der Waals surface area contributed by atoms with Crippen LogP contribution in [0.25, 0.3) is 0 Å². The summed E-state index contributed by atoms with van der Waals surface area (Å²) in [5, 5.41) is 12.6. The Morgan fingerprint density at radius 1 is 1.39 bits per heavy atom. The van der Waals surface area contributed by atoms with E-state index >= 15 is 0 Å². The number of anilines is 1. The van der Waals surface area contributed by atoms with Crippen LogP contribution >= 0.6 is 15.9 Å². The maximum atomic E-state index is 9.14. The molecule has 0 aliphatic carbocycles. The average Bonchev–Trinajstić information content (AvgIpc) is 2.34. The number of benzene rings is 1. The van der Waals surface area contributed by atoms with Crippen LogP contribution in [0.2, 0.25) is 0 Å². The Bertz CT molecular complexity index is 369. The molecule has 0 heterocycles. The highest BCUT2D eigenvalue weighted by atomic mass is 79.9. The van der Waals surface area contributed by atoms with Gasteiger partial charge in [-0.1, -0.05) is 35.8 Å². The summed E-state index contributed by atoms with van der Waals surface area (Å²) in [6, 6.07) is 6.79. The van der Waals surface area contributed by atoms with Gasteiger partial charge >= 0.3 is 0 Å². The summed E-state index contributed by atoms with van der Waals surface area (Å²) in [5.74, 6) is 0. The van der Waals surface area contributed by atoms with Crippen molar-refractivity contribution in [1.29, 1.82) is 0 Å². The van der Waals surface area contributed by atoms with Crippen molar-refractivity contribution in [2.45, 2.75) is 33.4 Å². The van der Waals surface area contributed by atoms with Gasteiger partial charge in [-0.3, -0.25) is 0 Å². The van der Waals surface area contributed by atoms with E-state index in [0.717, 1.165) is 17.6 Å². The number of rotatable bonds is 7. The van der Waals surface area contributed by atoms with Gasteiger partial charge in [0.25, 0.3) is 0 Å². The molecule has 0 aromatic heterocycles. The zero-order chi connectivity index (χ0) is 13.5. The van der Waals surface area contributed by atoms with Crippen molar-refractivity contribution in [2.75, 3.05) is 24.6 Å². The second-order valence-electron chi connectivity index (χ2n) is 4.61. The van der Waals surface area contributed by atoms with Gasteiger partial charge in [-0.25, -0.2) is 0 Å². The molecule has 0 aliphatic heterocycles. The fraction of sp³-hybridized carbons (Fsp3) is 0.571. The Kier molecular flexibility index (Phi) is 6.68. The second-order valence-corrected chi connectivity index (χ2v) is 5.53. The van der Waals surface area contributed by atoms with Gasteiger partial charge in [0, 0.05) is 35.8 Å². The van der Waals surface area contributed by atoms with Gasteiger partial charge < -0.3 is 15.3 Å². The Labute approximate surface area is 118 Å². The Morgan fingerprint density at radius 2 is 2.11 bits per heavy atom. The molecule has 0 amide bonds. The minimum atomic E-state index is 0.178. The van der Waals surface area contributed by atoms with Crippen LogP contribution in [0.5, 0.6) is 0 Å². The van der Waals surface area contributed by atoms with Crippen molar-refractivity contribution in [3.05, 3.63) is 28.2 Å². The first kappa shape index (κ1) is 15.5. The van der Waals surface area contributed by atoms with Crippen LogP contribution in [-0.2, 0) is 6.54 Å². The number of hydrogen-bond donors (Lipinski definition) is 2. The van der Waals surface area contributed by atoms with Crippen molar-refractivity contribution in [1.82, 2.24) is 5.32 Å². The minimum Gasteiger partial charge on any atom is -0.395 e. The third-order valence-corrected chi connectivity index (χ3v) is 3.33. The molecule has 0 radical (unpaired) electrons. The number of aliphatic hydroxyl groups excluding tert-OH is 1. The third kappa shape index (κ3) is 4.59. The van der Waals surface area contributed by atoms with Crippen LogP contribution in [0, 0.1) is 0 Å². The first-order valence-electron chi connectivity index (χ1n) is 6.46. The van der Waals surface area contributed by atoms with Crippen LogP contribution < -0.4 is 10.2 Å². The van der Waals surface area contributed by atoms with Gasteiger partial charge in [-0.05, 0) is 24.6 Å². The molecule has 4 heteroatoms. The molecular formula is C14H23BrN2O. The van der Waals surface area contributed by atoms with E-state index in [-0.39, 0.29) is 6.61 Å². The lowest BCUT2D eigenvalue weighted by Gasteiger charge is -2.25. The van der Waals surface area contributed by atoms with Crippen LogP contribution in [0.1, 0.15) is 26.3 Å². The molecule has 0 spiro atoms. The monoisotopic (exact) mass is 314 g/mol.